The molecular formula is C13H20O2. The van der Waals surface area contributed by atoms with Crippen LogP contribution in [0, 0.1) is 0 Å². The van der Waals surface area contributed by atoms with Crippen molar-refractivity contribution in [2.75, 3.05) is 6.61 Å². The Kier molecular flexibility index (Phi) is 6.05. The van der Waals surface area contributed by atoms with Crippen LogP contribution in [0.4, 0.5) is 0 Å². The minimum absolute atomic E-state index is 0.576. The molecular weight excluding hydrogens is 188 g/mol. The first-order valence-corrected chi connectivity index (χ1v) is 5.66. The third kappa shape index (κ3) is 5.55. The van der Waals surface area contributed by atoms with Crippen molar-refractivity contribution in [3.05, 3.63) is 35.9 Å². The Morgan fingerprint density at radius 2 is 1.93 bits per heavy atom. The van der Waals surface area contributed by atoms with Gasteiger partial charge in [-0.2, -0.15) is 0 Å². The first kappa shape index (κ1) is 12.2. The average molecular weight is 208 g/mol. The molecule has 1 aromatic carbocycles. The van der Waals surface area contributed by atoms with Gasteiger partial charge in [0.2, 0.25) is 0 Å². The van der Waals surface area contributed by atoms with E-state index in [9.17, 15) is 5.11 Å². The molecule has 1 aromatic rings. The van der Waals surface area contributed by atoms with Crippen LogP contribution < -0.4 is 0 Å². The zero-order chi connectivity index (χ0) is 10.9. The maximum atomic E-state index is 9.58. The first-order valence-electron chi connectivity index (χ1n) is 5.66. The average Bonchev–Trinajstić information content (AvgIpc) is 2.26. The van der Waals surface area contributed by atoms with Gasteiger partial charge in [-0.05, 0) is 12.0 Å². The summed E-state index contributed by atoms with van der Waals surface area (Å²) in [5.74, 6) is 0. The molecule has 1 rings (SSSR count). The Morgan fingerprint density at radius 1 is 1.20 bits per heavy atom. The van der Waals surface area contributed by atoms with Crippen molar-refractivity contribution in [2.24, 2.45) is 0 Å². The largest absolute Gasteiger partial charge is 0.368 e. The fourth-order valence-corrected chi connectivity index (χ4v) is 1.45. The second-order valence-corrected chi connectivity index (χ2v) is 3.72. The first-order chi connectivity index (χ1) is 7.33. The molecule has 0 radical (unpaired) electrons. The Labute approximate surface area is 91.9 Å². The molecule has 0 heterocycles. The molecule has 2 nitrogen and oxygen atoms in total. The van der Waals surface area contributed by atoms with Crippen molar-refractivity contribution in [1.29, 1.82) is 0 Å². The summed E-state index contributed by atoms with van der Waals surface area (Å²) in [5, 5.41) is 9.58. The van der Waals surface area contributed by atoms with Gasteiger partial charge >= 0.3 is 0 Å². The van der Waals surface area contributed by atoms with Crippen molar-refractivity contribution in [2.45, 2.75) is 38.9 Å². The van der Waals surface area contributed by atoms with Crippen molar-refractivity contribution in [1.82, 2.24) is 0 Å². The third-order valence-electron chi connectivity index (χ3n) is 2.31. The lowest BCUT2D eigenvalue weighted by Crippen LogP contribution is -2.15. The smallest absolute Gasteiger partial charge is 0.158 e. The number of hydrogen-bond acceptors (Lipinski definition) is 2. The topological polar surface area (TPSA) is 29.5 Å². The SMILES string of the molecule is CCCCCOC(O)Cc1ccccc1. The minimum atomic E-state index is -0.663. The van der Waals surface area contributed by atoms with E-state index in [2.05, 4.69) is 6.92 Å². The van der Waals surface area contributed by atoms with E-state index in [1.165, 1.54) is 6.42 Å². The van der Waals surface area contributed by atoms with E-state index in [1.54, 1.807) is 0 Å². The van der Waals surface area contributed by atoms with E-state index in [0.717, 1.165) is 18.4 Å². The lowest BCUT2D eigenvalue weighted by Gasteiger charge is -2.11. The summed E-state index contributed by atoms with van der Waals surface area (Å²) in [4.78, 5) is 0. The molecule has 0 spiro atoms. The standard InChI is InChI=1S/C13H20O2/c1-2-3-7-10-15-13(14)11-12-8-5-4-6-9-12/h4-6,8-9,13-14H,2-3,7,10-11H2,1H3. The highest BCUT2D eigenvalue weighted by atomic mass is 16.6. The molecule has 0 amide bonds. The normalized spacial score (nSPS) is 12.7. The molecule has 15 heavy (non-hydrogen) atoms. The van der Waals surface area contributed by atoms with Crippen LogP contribution in [-0.2, 0) is 11.2 Å². The van der Waals surface area contributed by atoms with Crippen LogP contribution in [-0.4, -0.2) is 18.0 Å². The molecule has 0 bridgehead atoms. The van der Waals surface area contributed by atoms with Gasteiger partial charge in [0.1, 0.15) is 0 Å². The van der Waals surface area contributed by atoms with Crippen LogP contribution in [0.25, 0.3) is 0 Å². The predicted molar refractivity (Wildman–Crippen MR) is 61.6 cm³/mol. The molecule has 2 heteroatoms. The quantitative estimate of drug-likeness (QED) is 0.551. The fourth-order valence-electron chi connectivity index (χ4n) is 1.45. The second-order valence-electron chi connectivity index (χ2n) is 3.72. The summed E-state index contributed by atoms with van der Waals surface area (Å²) in [6, 6.07) is 9.91. The molecule has 0 aromatic heterocycles. The van der Waals surface area contributed by atoms with Crippen LogP contribution in [0.1, 0.15) is 31.7 Å². The summed E-state index contributed by atoms with van der Waals surface area (Å²) in [6.45, 7) is 2.81. The van der Waals surface area contributed by atoms with Crippen molar-refractivity contribution < 1.29 is 9.84 Å². The van der Waals surface area contributed by atoms with Gasteiger partial charge in [-0.3, -0.25) is 0 Å². The van der Waals surface area contributed by atoms with Gasteiger partial charge in [-0.15, -0.1) is 0 Å². The Balaban J connectivity index is 2.16. The number of unbranched alkanes of at least 4 members (excludes halogenated alkanes) is 2. The van der Waals surface area contributed by atoms with Crippen molar-refractivity contribution >= 4 is 0 Å². The molecule has 0 saturated heterocycles. The zero-order valence-electron chi connectivity index (χ0n) is 9.36. The van der Waals surface area contributed by atoms with Crippen LogP contribution in [0.3, 0.4) is 0 Å². The molecule has 0 saturated carbocycles. The van der Waals surface area contributed by atoms with E-state index in [0.29, 0.717) is 13.0 Å². The van der Waals surface area contributed by atoms with E-state index in [1.807, 2.05) is 30.3 Å². The van der Waals surface area contributed by atoms with Crippen LogP contribution in [0.2, 0.25) is 0 Å². The van der Waals surface area contributed by atoms with Gasteiger partial charge in [0.05, 0.1) is 0 Å². The van der Waals surface area contributed by atoms with Crippen LogP contribution in [0.5, 0.6) is 0 Å². The van der Waals surface area contributed by atoms with Crippen molar-refractivity contribution in [3.8, 4) is 0 Å². The number of hydrogen-bond donors (Lipinski definition) is 1. The molecule has 0 aliphatic rings. The van der Waals surface area contributed by atoms with E-state index in [4.69, 9.17) is 4.74 Å². The number of aliphatic hydroxyl groups excluding tert-OH is 1. The highest BCUT2D eigenvalue weighted by molar-refractivity contribution is 5.14. The Morgan fingerprint density at radius 3 is 2.60 bits per heavy atom. The highest BCUT2D eigenvalue weighted by Crippen LogP contribution is 2.05. The van der Waals surface area contributed by atoms with Crippen molar-refractivity contribution in [3.63, 3.8) is 0 Å². The molecule has 84 valence electrons. The summed E-state index contributed by atoms with van der Waals surface area (Å²) in [6.07, 6.45) is 3.29. The van der Waals surface area contributed by atoms with Gasteiger partial charge in [0.25, 0.3) is 0 Å². The molecule has 1 unspecified atom stereocenters. The number of aliphatic hydroxyl groups is 1. The van der Waals surface area contributed by atoms with Gasteiger partial charge in [-0.25, -0.2) is 0 Å². The summed E-state index contributed by atoms with van der Waals surface area (Å²) < 4.78 is 5.30. The zero-order valence-corrected chi connectivity index (χ0v) is 9.36. The van der Waals surface area contributed by atoms with Gasteiger partial charge in [-0.1, -0.05) is 50.1 Å². The number of ether oxygens (including phenoxy) is 1. The fraction of sp³-hybridized carbons (Fsp3) is 0.538. The number of rotatable bonds is 7. The molecule has 0 fully saturated rings. The van der Waals surface area contributed by atoms with Crippen LogP contribution in [0.15, 0.2) is 30.3 Å². The van der Waals surface area contributed by atoms with Gasteiger partial charge in [0.15, 0.2) is 6.29 Å². The second kappa shape index (κ2) is 7.43. The monoisotopic (exact) mass is 208 g/mol. The minimum Gasteiger partial charge on any atom is -0.368 e. The number of benzene rings is 1. The van der Waals surface area contributed by atoms with Gasteiger partial charge in [0, 0.05) is 13.0 Å². The molecule has 1 N–H and O–H groups in total. The van der Waals surface area contributed by atoms with Gasteiger partial charge < -0.3 is 9.84 Å². The summed E-state index contributed by atoms with van der Waals surface area (Å²) in [7, 11) is 0. The Hall–Kier alpha value is -0.860. The van der Waals surface area contributed by atoms with E-state index < -0.39 is 6.29 Å². The highest BCUT2D eigenvalue weighted by Gasteiger charge is 2.04. The molecule has 0 aliphatic heterocycles. The maximum Gasteiger partial charge on any atom is 0.158 e. The summed E-state index contributed by atoms with van der Waals surface area (Å²) in [5.41, 5.74) is 1.11. The summed E-state index contributed by atoms with van der Waals surface area (Å²) >= 11 is 0. The Bertz CT molecular complexity index is 246. The lowest BCUT2D eigenvalue weighted by atomic mass is 10.1. The van der Waals surface area contributed by atoms with E-state index in [-0.39, 0.29) is 0 Å². The molecule has 1 atom stereocenters. The van der Waals surface area contributed by atoms with E-state index >= 15 is 0 Å². The van der Waals surface area contributed by atoms with Crippen LogP contribution >= 0.6 is 0 Å². The third-order valence-corrected chi connectivity index (χ3v) is 2.31. The maximum absolute atomic E-state index is 9.58. The molecule has 0 aliphatic carbocycles. The lowest BCUT2D eigenvalue weighted by molar-refractivity contribution is -0.0982. The predicted octanol–water partition coefficient (Wildman–Crippen LogP) is 2.75.